The first-order chi connectivity index (χ1) is 10.2. The van der Waals surface area contributed by atoms with Gasteiger partial charge in [-0.3, -0.25) is 0 Å². The molecule has 0 fully saturated rings. The monoisotopic (exact) mass is 304 g/mol. The van der Waals surface area contributed by atoms with Crippen LogP contribution in [0.3, 0.4) is 0 Å². The first-order valence-electron chi connectivity index (χ1n) is 7.25. The molecule has 0 radical (unpaired) electrons. The molecule has 1 aromatic carbocycles. The summed E-state index contributed by atoms with van der Waals surface area (Å²) in [5.41, 5.74) is 2.11. The maximum atomic E-state index is 5.88. The van der Waals surface area contributed by atoms with Crippen LogP contribution < -0.4 is 10.6 Å². The van der Waals surface area contributed by atoms with Crippen LogP contribution in [-0.2, 0) is 6.54 Å². The number of aromatic nitrogens is 2. The topological polar surface area (TPSA) is 49.8 Å². The molecule has 112 valence electrons. The van der Waals surface area contributed by atoms with Crippen LogP contribution in [0.4, 0.5) is 11.8 Å². The molecule has 21 heavy (non-hydrogen) atoms. The summed E-state index contributed by atoms with van der Waals surface area (Å²) in [4.78, 5) is 8.87. The zero-order valence-corrected chi connectivity index (χ0v) is 13.2. The molecule has 0 aliphatic carbocycles. The van der Waals surface area contributed by atoms with Crippen molar-refractivity contribution in [1.82, 2.24) is 9.97 Å². The molecule has 0 atom stereocenters. The second-order valence-corrected chi connectivity index (χ2v) is 5.41. The highest BCUT2D eigenvalue weighted by atomic mass is 35.5. The minimum Gasteiger partial charge on any atom is -0.366 e. The second-order valence-electron chi connectivity index (χ2n) is 4.98. The Balaban J connectivity index is 1.97. The van der Waals surface area contributed by atoms with E-state index in [2.05, 4.69) is 27.5 Å². The molecule has 4 nitrogen and oxygen atoms in total. The lowest BCUT2D eigenvalue weighted by atomic mass is 10.2. The Kier molecular flexibility index (Phi) is 5.81. The molecule has 5 heteroatoms. The average Bonchev–Trinajstić information content (AvgIpc) is 2.46. The summed E-state index contributed by atoms with van der Waals surface area (Å²) >= 11 is 5.88. The van der Waals surface area contributed by atoms with E-state index in [0.717, 1.165) is 41.5 Å². The number of halogens is 1. The van der Waals surface area contributed by atoms with Gasteiger partial charge in [0, 0.05) is 29.9 Å². The highest BCUT2D eigenvalue weighted by Gasteiger charge is 2.02. The van der Waals surface area contributed by atoms with Gasteiger partial charge in [-0.1, -0.05) is 37.1 Å². The molecule has 1 heterocycles. The number of benzene rings is 1. The van der Waals surface area contributed by atoms with E-state index in [1.54, 1.807) is 0 Å². The number of nitrogens with zero attached hydrogens (tertiary/aromatic N) is 2. The first kappa shape index (κ1) is 15.6. The highest BCUT2D eigenvalue weighted by molar-refractivity contribution is 6.30. The van der Waals surface area contributed by atoms with Crippen molar-refractivity contribution in [3.8, 4) is 0 Å². The smallest absolute Gasteiger partial charge is 0.224 e. The summed E-state index contributed by atoms with van der Waals surface area (Å²) in [6.07, 6.45) is 2.27. The number of nitrogens with one attached hydrogen (secondary N) is 2. The van der Waals surface area contributed by atoms with Crippen molar-refractivity contribution in [2.45, 2.75) is 33.2 Å². The van der Waals surface area contributed by atoms with Crippen molar-refractivity contribution in [2.75, 3.05) is 17.2 Å². The van der Waals surface area contributed by atoms with Crippen molar-refractivity contribution in [1.29, 1.82) is 0 Å². The fourth-order valence-electron chi connectivity index (χ4n) is 1.91. The van der Waals surface area contributed by atoms with E-state index in [1.807, 2.05) is 37.3 Å². The molecule has 0 unspecified atom stereocenters. The van der Waals surface area contributed by atoms with Gasteiger partial charge < -0.3 is 10.6 Å². The lowest BCUT2D eigenvalue weighted by Gasteiger charge is -2.10. The lowest BCUT2D eigenvalue weighted by Crippen LogP contribution is -2.09. The number of hydrogen-bond donors (Lipinski definition) is 2. The number of unbranched alkanes of at least 4 members (excludes halogenated alkanes) is 1. The minimum absolute atomic E-state index is 0.682. The molecule has 2 aromatic rings. The highest BCUT2D eigenvalue weighted by Crippen LogP contribution is 2.13. The van der Waals surface area contributed by atoms with Crippen LogP contribution in [0.1, 0.15) is 31.0 Å². The Labute approximate surface area is 131 Å². The predicted molar refractivity (Wildman–Crippen MR) is 88.9 cm³/mol. The van der Waals surface area contributed by atoms with E-state index in [4.69, 9.17) is 11.6 Å². The molecule has 1 aromatic heterocycles. The van der Waals surface area contributed by atoms with Gasteiger partial charge in [0.05, 0.1) is 0 Å². The molecule has 0 bridgehead atoms. The zero-order chi connectivity index (χ0) is 15.1. The van der Waals surface area contributed by atoms with E-state index in [0.29, 0.717) is 12.5 Å². The average molecular weight is 305 g/mol. The molecule has 0 saturated carbocycles. The van der Waals surface area contributed by atoms with Crippen molar-refractivity contribution < 1.29 is 0 Å². The Hall–Kier alpha value is -1.81. The van der Waals surface area contributed by atoms with Gasteiger partial charge in [-0.2, -0.15) is 4.98 Å². The first-order valence-corrected chi connectivity index (χ1v) is 7.63. The summed E-state index contributed by atoms with van der Waals surface area (Å²) in [5.74, 6) is 1.51. The number of rotatable bonds is 7. The molecule has 0 aliphatic rings. The van der Waals surface area contributed by atoms with Gasteiger partial charge in [0.1, 0.15) is 5.82 Å². The zero-order valence-electron chi connectivity index (χ0n) is 12.5. The van der Waals surface area contributed by atoms with Gasteiger partial charge >= 0.3 is 0 Å². The molecule has 2 rings (SSSR count). The fourth-order valence-corrected chi connectivity index (χ4v) is 2.04. The molecule has 0 aliphatic heterocycles. The predicted octanol–water partition coefficient (Wildman–Crippen LogP) is 4.26. The molecular formula is C16H21ClN4. The summed E-state index contributed by atoms with van der Waals surface area (Å²) in [5, 5.41) is 7.32. The Morgan fingerprint density at radius 1 is 1.10 bits per heavy atom. The Bertz CT molecular complexity index is 569. The molecule has 0 amide bonds. The van der Waals surface area contributed by atoms with Crippen molar-refractivity contribution in [3.05, 3.63) is 46.6 Å². The van der Waals surface area contributed by atoms with Gasteiger partial charge in [-0.25, -0.2) is 4.98 Å². The van der Waals surface area contributed by atoms with Gasteiger partial charge in [-0.05, 0) is 31.0 Å². The molecular weight excluding hydrogens is 284 g/mol. The van der Waals surface area contributed by atoms with E-state index in [-0.39, 0.29) is 0 Å². The summed E-state index contributed by atoms with van der Waals surface area (Å²) in [7, 11) is 0. The SMILES string of the molecule is CCCCNc1nc(C)cc(NCc2ccc(Cl)cc2)n1. The fraction of sp³-hybridized carbons (Fsp3) is 0.375. The van der Waals surface area contributed by atoms with Crippen molar-refractivity contribution >= 4 is 23.4 Å². The molecule has 2 N–H and O–H groups in total. The third-order valence-electron chi connectivity index (χ3n) is 3.05. The van der Waals surface area contributed by atoms with Crippen LogP contribution in [0, 0.1) is 6.92 Å². The summed E-state index contributed by atoms with van der Waals surface area (Å²) in [6, 6.07) is 9.73. The van der Waals surface area contributed by atoms with E-state index in [9.17, 15) is 0 Å². The van der Waals surface area contributed by atoms with E-state index >= 15 is 0 Å². The van der Waals surface area contributed by atoms with Crippen LogP contribution in [0.5, 0.6) is 0 Å². The van der Waals surface area contributed by atoms with Crippen LogP contribution in [-0.4, -0.2) is 16.5 Å². The van der Waals surface area contributed by atoms with Crippen molar-refractivity contribution in [3.63, 3.8) is 0 Å². The van der Waals surface area contributed by atoms with Gasteiger partial charge in [0.2, 0.25) is 5.95 Å². The Morgan fingerprint density at radius 2 is 1.86 bits per heavy atom. The number of hydrogen-bond acceptors (Lipinski definition) is 4. The number of aryl methyl sites for hydroxylation is 1. The van der Waals surface area contributed by atoms with Gasteiger partial charge in [-0.15, -0.1) is 0 Å². The van der Waals surface area contributed by atoms with Gasteiger partial charge in [0.15, 0.2) is 0 Å². The van der Waals surface area contributed by atoms with E-state index < -0.39 is 0 Å². The third kappa shape index (κ3) is 5.23. The third-order valence-corrected chi connectivity index (χ3v) is 3.31. The lowest BCUT2D eigenvalue weighted by molar-refractivity contribution is 0.825. The van der Waals surface area contributed by atoms with Crippen LogP contribution >= 0.6 is 11.6 Å². The summed E-state index contributed by atoms with van der Waals surface area (Å²) < 4.78 is 0. The van der Waals surface area contributed by atoms with Crippen LogP contribution in [0.15, 0.2) is 30.3 Å². The van der Waals surface area contributed by atoms with E-state index in [1.165, 1.54) is 0 Å². The minimum atomic E-state index is 0.682. The largest absolute Gasteiger partial charge is 0.366 e. The normalized spacial score (nSPS) is 10.4. The maximum Gasteiger partial charge on any atom is 0.224 e. The molecule has 0 spiro atoms. The summed E-state index contributed by atoms with van der Waals surface area (Å²) in [6.45, 7) is 5.75. The van der Waals surface area contributed by atoms with Crippen LogP contribution in [0.25, 0.3) is 0 Å². The quantitative estimate of drug-likeness (QED) is 0.750. The Morgan fingerprint density at radius 3 is 2.57 bits per heavy atom. The van der Waals surface area contributed by atoms with Gasteiger partial charge in [0.25, 0.3) is 0 Å². The second kappa shape index (κ2) is 7.84. The standard InChI is InChI=1S/C16H21ClN4/c1-3-4-9-18-16-20-12(2)10-15(21-16)19-11-13-5-7-14(17)8-6-13/h5-8,10H,3-4,9,11H2,1-2H3,(H2,18,19,20,21). The molecule has 0 saturated heterocycles. The van der Waals surface area contributed by atoms with Crippen molar-refractivity contribution in [2.24, 2.45) is 0 Å². The van der Waals surface area contributed by atoms with Crippen LogP contribution in [0.2, 0.25) is 5.02 Å². The maximum absolute atomic E-state index is 5.88. The number of anilines is 2.